The number of halogens is 3. The normalized spacial score (nSPS) is 13.8. The van der Waals surface area contributed by atoms with E-state index in [-0.39, 0.29) is 23.1 Å². The van der Waals surface area contributed by atoms with Crippen LogP contribution in [0.2, 0.25) is 5.02 Å². The molecule has 0 unspecified atom stereocenters. The highest BCUT2D eigenvalue weighted by molar-refractivity contribution is 7.91. The lowest BCUT2D eigenvalue weighted by Gasteiger charge is -2.37. The lowest BCUT2D eigenvalue weighted by Crippen LogP contribution is -2.55. The highest BCUT2D eigenvalue weighted by atomic mass is 35.5. The molecule has 1 aliphatic heterocycles. The number of hydrogen-bond acceptors (Lipinski definition) is 9. The zero-order valence-corrected chi connectivity index (χ0v) is 23.2. The van der Waals surface area contributed by atoms with Crippen molar-refractivity contribution in [3.63, 3.8) is 0 Å². The van der Waals surface area contributed by atoms with Gasteiger partial charge in [0, 0.05) is 49.6 Å². The number of anilines is 1. The summed E-state index contributed by atoms with van der Waals surface area (Å²) in [5.74, 6) is -1.28. The van der Waals surface area contributed by atoms with E-state index in [1.54, 1.807) is 43.3 Å². The van der Waals surface area contributed by atoms with Gasteiger partial charge in [0.25, 0.3) is 5.56 Å². The van der Waals surface area contributed by atoms with Gasteiger partial charge in [-0.2, -0.15) is 0 Å². The predicted molar refractivity (Wildman–Crippen MR) is 145 cm³/mol. The molecule has 0 aliphatic carbocycles. The Labute approximate surface area is 233 Å². The van der Waals surface area contributed by atoms with Crippen LogP contribution in [0.25, 0.3) is 17.1 Å². The van der Waals surface area contributed by atoms with Crippen molar-refractivity contribution < 1.29 is 21.9 Å². The zero-order chi connectivity index (χ0) is 28.8. The van der Waals surface area contributed by atoms with E-state index in [4.69, 9.17) is 16.3 Å². The molecule has 0 atom stereocenters. The standard InChI is InChI=1S/C26H23ClF2N6O4S/c1-14-9-31-20(19-4-5-30-26(33-19)34-11-17(12-34)40(3,37)38)8-22(14)35-15(2)6-23(24(27)25(35)36)39-13-21-18(29)7-16(28)10-32-21/h4-10,17H,11-13H2,1-3H3. The van der Waals surface area contributed by atoms with Crippen LogP contribution in [0.5, 0.6) is 5.75 Å². The maximum atomic E-state index is 14.0. The van der Waals surface area contributed by atoms with Crippen LogP contribution in [0, 0.1) is 25.5 Å². The molecule has 4 aromatic rings. The Hall–Kier alpha value is -3.97. The summed E-state index contributed by atoms with van der Waals surface area (Å²) in [6, 6.07) is 5.59. The van der Waals surface area contributed by atoms with Crippen LogP contribution in [0.4, 0.5) is 14.7 Å². The monoisotopic (exact) mass is 588 g/mol. The first kappa shape index (κ1) is 27.6. The third-order valence-corrected chi connectivity index (χ3v) is 8.36. The molecule has 208 valence electrons. The average molecular weight is 589 g/mol. The molecule has 0 spiro atoms. The molecular formula is C26H23ClF2N6O4S. The minimum atomic E-state index is -3.14. The van der Waals surface area contributed by atoms with Gasteiger partial charge in [0.1, 0.15) is 28.9 Å². The highest BCUT2D eigenvalue weighted by Crippen LogP contribution is 2.28. The molecular weight excluding hydrogens is 566 g/mol. The van der Waals surface area contributed by atoms with Gasteiger partial charge in [0.05, 0.1) is 28.5 Å². The maximum absolute atomic E-state index is 14.0. The fraction of sp³-hybridized carbons (Fsp3) is 0.269. The Bertz CT molecular complexity index is 1790. The number of aromatic nitrogens is 5. The second kappa shape index (κ2) is 10.5. The average Bonchev–Trinajstić information content (AvgIpc) is 2.86. The number of pyridine rings is 3. The Kier molecular flexibility index (Phi) is 7.27. The van der Waals surface area contributed by atoms with Crippen LogP contribution in [0.3, 0.4) is 0 Å². The predicted octanol–water partition coefficient (Wildman–Crippen LogP) is 3.45. The molecule has 0 aromatic carbocycles. The van der Waals surface area contributed by atoms with E-state index in [2.05, 4.69) is 19.9 Å². The summed E-state index contributed by atoms with van der Waals surface area (Å²) in [7, 11) is -3.14. The Morgan fingerprint density at radius 2 is 1.82 bits per heavy atom. The molecule has 14 heteroatoms. The maximum Gasteiger partial charge on any atom is 0.277 e. The number of ether oxygens (including phenoxy) is 1. The van der Waals surface area contributed by atoms with Crippen LogP contribution in [-0.4, -0.2) is 57.5 Å². The summed E-state index contributed by atoms with van der Waals surface area (Å²) in [5.41, 5.74) is 1.92. The molecule has 0 saturated carbocycles. The van der Waals surface area contributed by atoms with Gasteiger partial charge in [-0.25, -0.2) is 27.2 Å². The summed E-state index contributed by atoms with van der Waals surface area (Å²) in [6.07, 6.45) is 5.24. The molecule has 0 radical (unpaired) electrons. The van der Waals surface area contributed by atoms with Crippen molar-refractivity contribution in [3.05, 3.63) is 86.8 Å². The summed E-state index contributed by atoms with van der Waals surface area (Å²) >= 11 is 6.37. The molecule has 5 rings (SSSR count). The minimum Gasteiger partial charge on any atom is -0.485 e. The summed E-state index contributed by atoms with van der Waals surface area (Å²) in [6.45, 7) is 3.73. The SMILES string of the molecule is Cc1cnc(-c2ccnc(N3CC(S(C)(=O)=O)C3)n2)cc1-n1c(C)cc(OCc2ncc(F)cc2F)c(Cl)c1=O. The van der Waals surface area contributed by atoms with Crippen molar-refractivity contribution in [1.82, 2.24) is 24.5 Å². The smallest absolute Gasteiger partial charge is 0.277 e. The van der Waals surface area contributed by atoms with Gasteiger partial charge < -0.3 is 9.64 Å². The van der Waals surface area contributed by atoms with Gasteiger partial charge in [0.15, 0.2) is 15.7 Å². The molecule has 4 aromatic heterocycles. The summed E-state index contributed by atoms with van der Waals surface area (Å²) in [5, 5.41) is -0.685. The molecule has 0 bridgehead atoms. The van der Waals surface area contributed by atoms with Gasteiger partial charge >= 0.3 is 0 Å². The molecule has 5 heterocycles. The van der Waals surface area contributed by atoms with Crippen molar-refractivity contribution in [2.45, 2.75) is 25.7 Å². The van der Waals surface area contributed by atoms with Gasteiger partial charge in [-0.1, -0.05) is 11.6 Å². The van der Waals surface area contributed by atoms with Crippen LogP contribution >= 0.6 is 11.6 Å². The quantitative estimate of drug-likeness (QED) is 0.320. The highest BCUT2D eigenvalue weighted by Gasteiger charge is 2.36. The van der Waals surface area contributed by atoms with Crippen LogP contribution in [-0.2, 0) is 16.4 Å². The van der Waals surface area contributed by atoms with Gasteiger partial charge in [-0.3, -0.25) is 19.3 Å². The lowest BCUT2D eigenvalue weighted by atomic mass is 10.1. The van der Waals surface area contributed by atoms with E-state index in [0.29, 0.717) is 53.4 Å². The Morgan fingerprint density at radius 1 is 1.07 bits per heavy atom. The second-order valence-corrected chi connectivity index (χ2v) is 12.1. The van der Waals surface area contributed by atoms with Gasteiger partial charge in [0.2, 0.25) is 5.95 Å². The summed E-state index contributed by atoms with van der Waals surface area (Å²) < 4.78 is 57.6. The first-order valence-electron chi connectivity index (χ1n) is 12.0. The first-order valence-corrected chi connectivity index (χ1v) is 14.3. The number of sulfone groups is 1. The molecule has 1 saturated heterocycles. The van der Waals surface area contributed by atoms with E-state index < -0.39 is 32.3 Å². The molecule has 0 N–H and O–H groups in total. The number of rotatable bonds is 7. The van der Waals surface area contributed by atoms with Crippen molar-refractivity contribution in [3.8, 4) is 22.8 Å². The van der Waals surface area contributed by atoms with Gasteiger partial charge in [-0.05, 0) is 31.5 Å². The zero-order valence-electron chi connectivity index (χ0n) is 21.6. The van der Waals surface area contributed by atoms with E-state index in [1.807, 2.05) is 0 Å². The van der Waals surface area contributed by atoms with E-state index in [1.165, 1.54) is 16.9 Å². The number of nitrogens with zero attached hydrogens (tertiary/aromatic N) is 6. The van der Waals surface area contributed by atoms with E-state index in [9.17, 15) is 22.0 Å². The van der Waals surface area contributed by atoms with Gasteiger partial charge in [-0.15, -0.1) is 0 Å². The number of aryl methyl sites for hydroxylation is 2. The molecule has 1 fully saturated rings. The Morgan fingerprint density at radius 3 is 2.52 bits per heavy atom. The van der Waals surface area contributed by atoms with Crippen molar-refractivity contribution >= 4 is 27.4 Å². The third kappa shape index (κ3) is 5.39. The summed E-state index contributed by atoms with van der Waals surface area (Å²) in [4.78, 5) is 32.1. The van der Waals surface area contributed by atoms with Crippen LogP contribution in [0.1, 0.15) is 17.0 Å². The number of hydrogen-bond donors (Lipinski definition) is 0. The van der Waals surface area contributed by atoms with Crippen molar-refractivity contribution in [1.29, 1.82) is 0 Å². The Balaban J connectivity index is 1.44. The lowest BCUT2D eigenvalue weighted by molar-refractivity contribution is 0.292. The molecule has 1 aliphatic rings. The second-order valence-electron chi connectivity index (χ2n) is 9.43. The van der Waals surface area contributed by atoms with Crippen molar-refractivity contribution in [2.24, 2.45) is 0 Å². The van der Waals surface area contributed by atoms with Crippen LogP contribution < -0.4 is 15.2 Å². The van der Waals surface area contributed by atoms with E-state index in [0.717, 1.165) is 6.20 Å². The fourth-order valence-electron chi connectivity index (χ4n) is 4.19. The molecule has 40 heavy (non-hydrogen) atoms. The van der Waals surface area contributed by atoms with Crippen molar-refractivity contribution in [2.75, 3.05) is 24.2 Å². The molecule has 10 nitrogen and oxygen atoms in total. The van der Waals surface area contributed by atoms with Crippen LogP contribution in [0.15, 0.2) is 47.7 Å². The first-order chi connectivity index (χ1) is 18.9. The largest absolute Gasteiger partial charge is 0.485 e. The molecule has 0 amide bonds. The minimum absolute atomic E-state index is 0.0280. The van der Waals surface area contributed by atoms with E-state index >= 15 is 0 Å². The topological polar surface area (TPSA) is 120 Å². The fourth-order valence-corrected chi connectivity index (χ4v) is 5.29. The third-order valence-electron chi connectivity index (χ3n) is 6.51.